The minimum Gasteiger partial charge on any atom is -0.343 e. The van der Waals surface area contributed by atoms with Crippen LogP contribution in [0.4, 0.5) is 0 Å². The van der Waals surface area contributed by atoms with Gasteiger partial charge in [0, 0.05) is 32.6 Å². The molecule has 1 fully saturated rings. The Morgan fingerprint density at radius 3 is 2.29 bits per heavy atom. The third-order valence-electron chi connectivity index (χ3n) is 5.69. The fourth-order valence-corrected chi connectivity index (χ4v) is 4.11. The first-order valence-electron chi connectivity index (χ1n) is 10.3. The number of para-hydroxylation sites is 2. The molecule has 0 atom stereocenters. The Morgan fingerprint density at radius 1 is 1.11 bits per heavy atom. The monoisotopic (exact) mass is 408 g/mol. The van der Waals surface area contributed by atoms with Crippen LogP contribution in [0, 0.1) is 5.92 Å². The van der Waals surface area contributed by atoms with Gasteiger partial charge in [-0.1, -0.05) is 19.1 Å². The number of aromatic nitrogens is 2. The van der Waals surface area contributed by atoms with Gasteiger partial charge < -0.3 is 10.2 Å². The molecule has 0 unspecified atom stereocenters. The van der Waals surface area contributed by atoms with Gasteiger partial charge in [0.2, 0.25) is 5.91 Å². The zero-order chi connectivity index (χ0) is 19.2. The number of nitrogens with one attached hydrogen (secondary N) is 1. The summed E-state index contributed by atoms with van der Waals surface area (Å²) in [7, 11) is 1.98. The highest BCUT2D eigenvalue weighted by atomic mass is 35.5. The number of imidazole rings is 1. The van der Waals surface area contributed by atoms with Gasteiger partial charge in [-0.05, 0) is 57.3 Å². The maximum atomic E-state index is 12.8. The standard InChI is InChI=1S/C21H32N4O2.ClH/c1-3-13-24-18-6-4-5-7-19(18)25(21(24)27)16-11-20(26)23-14-9-17(10-15-23)8-12-22-2;/h4-7,17,22H,3,8-16H2,1-2H3;1H. The van der Waals surface area contributed by atoms with Gasteiger partial charge in [0.15, 0.2) is 0 Å². The first-order chi connectivity index (χ1) is 13.2. The number of likely N-dealkylation sites (tertiary alicyclic amines) is 1. The zero-order valence-electron chi connectivity index (χ0n) is 17.0. The lowest BCUT2D eigenvalue weighted by atomic mass is 9.93. The van der Waals surface area contributed by atoms with Gasteiger partial charge >= 0.3 is 5.69 Å². The van der Waals surface area contributed by atoms with E-state index in [1.165, 1.54) is 6.42 Å². The molecule has 0 bridgehead atoms. The van der Waals surface area contributed by atoms with Crippen molar-refractivity contribution in [1.82, 2.24) is 19.4 Å². The molecule has 1 aromatic heterocycles. The second-order valence-electron chi connectivity index (χ2n) is 7.54. The van der Waals surface area contributed by atoms with E-state index in [-0.39, 0.29) is 24.0 Å². The highest BCUT2D eigenvalue weighted by molar-refractivity contribution is 5.85. The number of hydrogen-bond donors (Lipinski definition) is 1. The van der Waals surface area contributed by atoms with Crippen LogP contribution in [0.2, 0.25) is 0 Å². The first-order valence-corrected chi connectivity index (χ1v) is 10.3. The van der Waals surface area contributed by atoms with Gasteiger partial charge in [-0.3, -0.25) is 13.9 Å². The molecule has 2 aromatic rings. The summed E-state index contributed by atoms with van der Waals surface area (Å²) < 4.78 is 3.59. The van der Waals surface area contributed by atoms with Crippen molar-refractivity contribution < 1.29 is 4.79 Å². The number of rotatable bonds is 8. The fourth-order valence-electron chi connectivity index (χ4n) is 4.11. The van der Waals surface area contributed by atoms with Gasteiger partial charge in [0.05, 0.1) is 11.0 Å². The predicted octanol–water partition coefficient (Wildman–Crippen LogP) is 2.87. The molecule has 6 nitrogen and oxygen atoms in total. The Kier molecular flexibility index (Phi) is 8.58. The number of halogens is 1. The number of carbonyl (C=O) groups excluding carboxylic acids is 1. The molecule has 28 heavy (non-hydrogen) atoms. The molecular formula is C21H33ClN4O2. The van der Waals surface area contributed by atoms with E-state index in [2.05, 4.69) is 12.2 Å². The van der Waals surface area contributed by atoms with E-state index in [0.717, 1.165) is 55.8 Å². The van der Waals surface area contributed by atoms with Crippen molar-refractivity contribution in [1.29, 1.82) is 0 Å². The fraction of sp³-hybridized carbons (Fsp3) is 0.619. The van der Waals surface area contributed by atoms with Crippen molar-refractivity contribution in [3.05, 3.63) is 34.7 Å². The number of piperidine rings is 1. The highest BCUT2D eigenvalue weighted by Gasteiger charge is 2.22. The molecule has 7 heteroatoms. The number of fused-ring (bicyclic) bond motifs is 1. The van der Waals surface area contributed by atoms with Crippen LogP contribution in [0.25, 0.3) is 11.0 Å². The average Bonchev–Trinajstić information content (AvgIpc) is 2.96. The van der Waals surface area contributed by atoms with Crippen molar-refractivity contribution in [3.63, 3.8) is 0 Å². The lowest BCUT2D eigenvalue weighted by molar-refractivity contribution is -0.132. The Hall–Kier alpha value is -1.79. The zero-order valence-corrected chi connectivity index (χ0v) is 17.8. The third-order valence-corrected chi connectivity index (χ3v) is 5.69. The Balaban J connectivity index is 0.00000280. The number of nitrogens with zero attached hydrogens (tertiary/aromatic N) is 3. The lowest BCUT2D eigenvalue weighted by Gasteiger charge is -2.32. The van der Waals surface area contributed by atoms with Crippen LogP contribution in [0.15, 0.2) is 29.1 Å². The van der Waals surface area contributed by atoms with E-state index < -0.39 is 0 Å². The quantitative estimate of drug-likeness (QED) is 0.730. The molecule has 0 spiro atoms. The molecule has 2 heterocycles. The van der Waals surface area contributed by atoms with Crippen molar-refractivity contribution >= 4 is 29.3 Å². The van der Waals surface area contributed by atoms with Crippen molar-refractivity contribution in [2.75, 3.05) is 26.7 Å². The summed E-state index contributed by atoms with van der Waals surface area (Å²) >= 11 is 0. The van der Waals surface area contributed by atoms with Crippen molar-refractivity contribution in [3.8, 4) is 0 Å². The SMILES string of the molecule is CCCn1c(=O)n(CCC(=O)N2CCC(CCNC)CC2)c2ccccc21.Cl. The Morgan fingerprint density at radius 2 is 1.71 bits per heavy atom. The number of hydrogen-bond acceptors (Lipinski definition) is 3. The van der Waals surface area contributed by atoms with Gasteiger partial charge in [0.25, 0.3) is 0 Å². The van der Waals surface area contributed by atoms with Gasteiger partial charge in [-0.2, -0.15) is 0 Å². The largest absolute Gasteiger partial charge is 0.343 e. The summed E-state index contributed by atoms with van der Waals surface area (Å²) in [5.41, 5.74) is 1.88. The number of amides is 1. The van der Waals surface area contributed by atoms with Crippen LogP contribution < -0.4 is 11.0 Å². The topological polar surface area (TPSA) is 59.3 Å². The molecule has 1 aliphatic heterocycles. The maximum Gasteiger partial charge on any atom is 0.329 e. The predicted molar refractivity (Wildman–Crippen MR) is 116 cm³/mol. The van der Waals surface area contributed by atoms with Crippen molar-refractivity contribution in [2.45, 2.75) is 52.1 Å². The van der Waals surface area contributed by atoms with Crippen LogP contribution in [0.1, 0.15) is 39.0 Å². The van der Waals surface area contributed by atoms with Gasteiger partial charge in [-0.25, -0.2) is 4.79 Å². The molecule has 0 saturated carbocycles. The number of benzene rings is 1. The molecule has 1 aliphatic rings. The van der Waals surface area contributed by atoms with E-state index in [0.29, 0.717) is 19.5 Å². The van der Waals surface area contributed by atoms with E-state index in [1.54, 1.807) is 4.57 Å². The minimum absolute atomic E-state index is 0. The van der Waals surface area contributed by atoms with Gasteiger partial charge in [0.1, 0.15) is 0 Å². The van der Waals surface area contributed by atoms with E-state index in [1.807, 2.05) is 40.8 Å². The van der Waals surface area contributed by atoms with Crippen LogP contribution in [-0.2, 0) is 17.9 Å². The molecule has 3 rings (SSSR count). The summed E-state index contributed by atoms with van der Waals surface area (Å²) in [6, 6.07) is 7.87. The third kappa shape index (κ3) is 4.97. The molecule has 1 amide bonds. The van der Waals surface area contributed by atoms with Crippen LogP contribution in [0.3, 0.4) is 0 Å². The number of carbonyl (C=O) groups is 1. The van der Waals surface area contributed by atoms with Crippen LogP contribution in [-0.4, -0.2) is 46.6 Å². The van der Waals surface area contributed by atoms with Crippen LogP contribution >= 0.6 is 12.4 Å². The number of aryl methyl sites for hydroxylation is 2. The molecular weight excluding hydrogens is 376 g/mol. The summed E-state index contributed by atoms with van der Waals surface area (Å²) in [5, 5.41) is 3.20. The second kappa shape index (κ2) is 10.7. The van der Waals surface area contributed by atoms with E-state index in [4.69, 9.17) is 0 Å². The van der Waals surface area contributed by atoms with E-state index >= 15 is 0 Å². The molecule has 1 saturated heterocycles. The average molecular weight is 409 g/mol. The molecule has 0 radical (unpaired) electrons. The lowest BCUT2D eigenvalue weighted by Crippen LogP contribution is -2.39. The van der Waals surface area contributed by atoms with Crippen molar-refractivity contribution in [2.24, 2.45) is 5.92 Å². The molecule has 1 aromatic carbocycles. The molecule has 1 N–H and O–H groups in total. The summed E-state index contributed by atoms with van der Waals surface area (Å²) in [4.78, 5) is 27.4. The maximum absolute atomic E-state index is 12.8. The Bertz CT molecular complexity index is 821. The van der Waals surface area contributed by atoms with Crippen LogP contribution in [0.5, 0.6) is 0 Å². The van der Waals surface area contributed by atoms with E-state index in [9.17, 15) is 9.59 Å². The second-order valence-corrected chi connectivity index (χ2v) is 7.54. The minimum atomic E-state index is -0.00313. The summed E-state index contributed by atoms with van der Waals surface area (Å²) in [6.45, 7) is 5.97. The molecule has 0 aliphatic carbocycles. The smallest absolute Gasteiger partial charge is 0.329 e. The summed E-state index contributed by atoms with van der Waals surface area (Å²) in [5.74, 6) is 0.887. The first kappa shape index (κ1) is 22.5. The normalized spacial score (nSPS) is 15.0. The van der Waals surface area contributed by atoms with Gasteiger partial charge in [-0.15, -0.1) is 12.4 Å². The molecule has 156 valence electrons. The Labute approximate surface area is 173 Å². The highest BCUT2D eigenvalue weighted by Crippen LogP contribution is 2.21. The summed E-state index contributed by atoms with van der Waals surface area (Å²) in [6.07, 6.45) is 4.66.